The van der Waals surface area contributed by atoms with Crippen LogP contribution in [0.5, 0.6) is 0 Å². The Kier molecular flexibility index (Phi) is 6.78. The summed E-state index contributed by atoms with van der Waals surface area (Å²) in [5.74, 6) is -0.802. The zero-order valence-electron chi connectivity index (χ0n) is 10.7. The van der Waals surface area contributed by atoms with Crippen molar-refractivity contribution in [3.05, 3.63) is 35.4 Å². The molecule has 3 nitrogen and oxygen atoms in total. The van der Waals surface area contributed by atoms with Crippen LogP contribution in [0.15, 0.2) is 18.2 Å². The molecule has 102 valence electrons. The Bertz CT molecular complexity index is 353. The number of halogens is 2. The first-order chi connectivity index (χ1) is 8.67. The van der Waals surface area contributed by atoms with Crippen molar-refractivity contribution in [1.82, 2.24) is 4.90 Å². The molecule has 0 aliphatic carbocycles. The van der Waals surface area contributed by atoms with Gasteiger partial charge >= 0.3 is 0 Å². The predicted octanol–water partition coefficient (Wildman–Crippen LogP) is 1.76. The van der Waals surface area contributed by atoms with E-state index in [1.54, 1.807) is 7.11 Å². The van der Waals surface area contributed by atoms with Gasteiger partial charge in [0.15, 0.2) is 0 Å². The van der Waals surface area contributed by atoms with E-state index >= 15 is 0 Å². The van der Waals surface area contributed by atoms with Gasteiger partial charge in [0, 0.05) is 25.8 Å². The molecule has 5 heteroatoms. The van der Waals surface area contributed by atoms with Crippen LogP contribution in [0.2, 0.25) is 0 Å². The molecular formula is C13H20F2N2O. The molecule has 0 aliphatic heterocycles. The number of nitrogens with two attached hydrogens (primary N) is 1. The first kappa shape index (κ1) is 15.0. The van der Waals surface area contributed by atoms with Crippen LogP contribution < -0.4 is 5.73 Å². The summed E-state index contributed by atoms with van der Waals surface area (Å²) in [7, 11) is 1.61. The molecule has 0 saturated heterocycles. The van der Waals surface area contributed by atoms with Gasteiger partial charge in [-0.05, 0) is 37.7 Å². The van der Waals surface area contributed by atoms with Gasteiger partial charge in [0.2, 0.25) is 0 Å². The Morgan fingerprint density at radius 1 is 1.28 bits per heavy atom. The lowest BCUT2D eigenvalue weighted by Gasteiger charge is -2.22. The fourth-order valence-corrected chi connectivity index (χ4v) is 1.71. The highest BCUT2D eigenvalue weighted by molar-refractivity contribution is 5.18. The summed E-state index contributed by atoms with van der Waals surface area (Å²) in [5.41, 5.74) is 5.82. The molecule has 0 fully saturated rings. The number of benzene rings is 1. The molecule has 0 radical (unpaired) electrons. The SMILES string of the molecule is COCCN(CCCN)Cc1cc(F)ccc1F. The van der Waals surface area contributed by atoms with Gasteiger partial charge < -0.3 is 10.5 Å². The molecule has 1 aromatic rings. The minimum Gasteiger partial charge on any atom is -0.383 e. The average Bonchev–Trinajstić information content (AvgIpc) is 2.37. The van der Waals surface area contributed by atoms with Crippen LogP contribution in [0.25, 0.3) is 0 Å². The summed E-state index contributed by atoms with van der Waals surface area (Å²) in [4.78, 5) is 2.01. The molecule has 0 saturated carbocycles. The highest BCUT2D eigenvalue weighted by atomic mass is 19.1. The van der Waals surface area contributed by atoms with Gasteiger partial charge in [-0.3, -0.25) is 4.90 Å². The molecule has 0 heterocycles. The summed E-state index contributed by atoms with van der Waals surface area (Å²) < 4.78 is 31.6. The van der Waals surface area contributed by atoms with Gasteiger partial charge in [-0.25, -0.2) is 8.78 Å². The van der Waals surface area contributed by atoms with Crippen LogP contribution in [0.3, 0.4) is 0 Å². The molecule has 1 rings (SSSR count). The van der Waals surface area contributed by atoms with Crippen LogP contribution >= 0.6 is 0 Å². The first-order valence-corrected chi connectivity index (χ1v) is 6.02. The van der Waals surface area contributed by atoms with Crippen molar-refractivity contribution in [1.29, 1.82) is 0 Å². The van der Waals surface area contributed by atoms with E-state index < -0.39 is 5.82 Å². The molecule has 0 spiro atoms. The average molecular weight is 258 g/mol. The number of methoxy groups -OCH3 is 1. The minimum atomic E-state index is -0.420. The van der Waals surface area contributed by atoms with Gasteiger partial charge in [-0.1, -0.05) is 0 Å². The van der Waals surface area contributed by atoms with Crippen molar-refractivity contribution in [3.63, 3.8) is 0 Å². The van der Waals surface area contributed by atoms with Crippen molar-refractivity contribution >= 4 is 0 Å². The quantitative estimate of drug-likeness (QED) is 0.772. The minimum absolute atomic E-state index is 0.364. The molecular weight excluding hydrogens is 238 g/mol. The van der Waals surface area contributed by atoms with Crippen molar-refractivity contribution in [2.75, 3.05) is 33.4 Å². The second kappa shape index (κ2) is 8.13. The van der Waals surface area contributed by atoms with Crippen molar-refractivity contribution in [2.24, 2.45) is 5.73 Å². The fourth-order valence-electron chi connectivity index (χ4n) is 1.71. The van der Waals surface area contributed by atoms with Crippen LogP contribution in [0.1, 0.15) is 12.0 Å². The Labute approximate surface area is 107 Å². The summed E-state index contributed by atoms with van der Waals surface area (Å²) in [5, 5.41) is 0. The molecule has 0 aliphatic rings. The van der Waals surface area contributed by atoms with E-state index in [2.05, 4.69) is 0 Å². The summed E-state index contributed by atoms with van der Waals surface area (Å²) in [6.07, 6.45) is 0.820. The van der Waals surface area contributed by atoms with E-state index in [1.807, 2.05) is 4.90 Å². The van der Waals surface area contributed by atoms with Crippen LogP contribution in [0.4, 0.5) is 8.78 Å². The van der Waals surface area contributed by atoms with E-state index in [4.69, 9.17) is 10.5 Å². The van der Waals surface area contributed by atoms with Gasteiger partial charge in [0.05, 0.1) is 6.61 Å². The Hall–Kier alpha value is -1.04. The van der Waals surface area contributed by atoms with E-state index in [9.17, 15) is 8.78 Å². The number of nitrogens with zero attached hydrogens (tertiary/aromatic N) is 1. The van der Waals surface area contributed by atoms with E-state index in [0.29, 0.717) is 31.8 Å². The lowest BCUT2D eigenvalue weighted by Crippen LogP contribution is -2.29. The number of rotatable bonds is 8. The van der Waals surface area contributed by atoms with Gasteiger partial charge in [0.25, 0.3) is 0 Å². The standard InChI is InChI=1S/C13H20F2N2O/c1-18-8-7-17(6-2-5-16)10-11-9-12(14)3-4-13(11)15/h3-4,9H,2,5-8,10,16H2,1H3. The van der Waals surface area contributed by atoms with E-state index in [0.717, 1.165) is 25.1 Å². The van der Waals surface area contributed by atoms with Gasteiger partial charge in [-0.2, -0.15) is 0 Å². The maximum atomic E-state index is 13.5. The third-order valence-corrected chi connectivity index (χ3v) is 2.69. The highest BCUT2D eigenvalue weighted by Crippen LogP contribution is 2.12. The van der Waals surface area contributed by atoms with Crippen molar-refractivity contribution in [2.45, 2.75) is 13.0 Å². The Morgan fingerprint density at radius 3 is 2.72 bits per heavy atom. The zero-order chi connectivity index (χ0) is 13.4. The maximum Gasteiger partial charge on any atom is 0.127 e. The zero-order valence-corrected chi connectivity index (χ0v) is 10.7. The lowest BCUT2D eigenvalue weighted by molar-refractivity contribution is 0.142. The topological polar surface area (TPSA) is 38.5 Å². The van der Waals surface area contributed by atoms with Crippen molar-refractivity contribution in [3.8, 4) is 0 Å². The highest BCUT2D eigenvalue weighted by Gasteiger charge is 2.10. The summed E-state index contributed by atoms with van der Waals surface area (Å²) >= 11 is 0. The molecule has 0 atom stereocenters. The third-order valence-electron chi connectivity index (χ3n) is 2.69. The summed E-state index contributed by atoms with van der Waals surface area (Å²) in [6.45, 7) is 2.92. The predicted molar refractivity (Wildman–Crippen MR) is 67.2 cm³/mol. The maximum absolute atomic E-state index is 13.5. The van der Waals surface area contributed by atoms with Crippen LogP contribution in [-0.2, 0) is 11.3 Å². The normalized spacial score (nSPS) is 11.2. The molecule has 0 aromatic heterocycles. The fraction of sp³-hybridized carbons (Fsp3) is 0.538. The van der Waals surface area contributed by atoms with Crippen molar-refractivity contribution < 1.29 is 13.5 Å². The second-order valence-corrected chi connectivity index (χ2v) is 4.15. The van der Waals surface area contributed by atoms with E-state index in [-0.39, 0.29) is 5.82 Å². The first-order valence-electron chi connectivity index (χ1n) is 6.02. The smallest absolute Gasteiger partial charge is 0.127 e. The third kappa shape index (κ3) is 5.08. The Balaban J connectivity index is 2.65. The lowest BCUT2D eigenvalue weighted by atomic mass is 10.2. The number of hydrogen-bond donors (Lipinski definition) is 1. The molecule has 2 N–H and O–H groups in total. The number of hydrogen-bond acceptors (Lipinski definition) is 3. The number of ether oxygens (including phenoxy) is 1. The van der Waals surface area contributed by atoms with Crippen LogP contribution in [-0.4, -0.2) is 38.3 Å². The van der Waals surface area contributed by atoms with Crippen LogP contribution in [0, 0.1) is 11.6 Å². The summed E-state index contributed by atoms with van der Waals surface area (Å²) in [6, 6.07) is 3.51. The molecule has 18 heavy (non-hydrogen) atoms. The monoisotopic (exact) mass is 258 g/mol. The van der Waals surface area contributed by atoms with Gasteiger partial charge in [-0.15, -0.1) is 0 Å². The largest absolute Gasteiger partial charge is 0.383 e. The Morgan fingerprint density at radius 2 is 2.06 bits per heavy atom. The molecule has 1 aromatic carbocycles. The van der Waals surface area contributed by atoms with E-state index in [1.165, 1.54) is 6.07 Å². The molecule has 0 bridgehead atoms. The van der Waals surface area contributed by atoms with Gasteiger partial charge in [0.1, 0.15) is 11.6 Å². The second-order valence-electron chi connectivity index (χ2n) is 4.15. The molecule has 0 unspecified atom stereocenters. The molecule has 0 amide bonds.